The number of nitrogens with zero attached hydrogens (tertiary/aromatic N) is 1. The van der Waals surface area contributed by atoms with E-state index in [1.807, 2.05) is 25.7 Å². The summed E-state index contributed by atoms with van der Waals surface area (Å²) in [6, 6.07) is 0.556. The summed E-state index contributed by atoms with van der Waals surface area (Å²) in [5.41, 5.74) is -0.405. The average molecular weight is 339 g/mol. The standard InChI is InChI=1S/C12H22INO2/c1-8-6-10(13)7-9(2)14(8)11(15)16-12(3,4)5/h8-10H,6-7H2,1-5H3/t8-,9+,10?. The van der Waals surface area contributed by atoms with Gasteiger partial charge in [0.15, 0.2) is 0 Å². The van der Waals surface area contributed by atoms with Gasteiger partial charge in [0.25, 0.3) is 0 Å². The van der Waals surface area contributed by atoms with E-state index in [4.69, 9.17) is 4.74 Å². The summed E-state index contributed by atoms with van der Waals surface area (Å²) in [5.74, 6) is 0. The van der Waals surface area contributed by atoms with E-state index in [2.05, 4.69) is 36.4 Å². The van der Waals surface area contributed by atoms with Crippen molar-refractivity contribution >= 4 is 28.7 Å². The Kier molecular flexibility index (Phi) is 4.49. The summed E-state index contributed by atoms with van der Waals surface area (Å²) in [6.45, 7) is 9.93. The molecule has 0 saturated carbocycles. The molecule has 3 nitrogen and oxygen atoms in total. The van der Waals surface area contributed by atoms with E-state index < -0.39 is 5.60 Å². The van der Waals surface area contributed by atoms with Gasteiger partial charge in [0.05, 0.1) is 0 Å². The van der Waals surface area contributed by atoms with Crippen LogP contribution < -0.4 is 0 Å². The normalized spacial score (nSPS) is 31.4. The lowest BCUT2D eigenvalue weighted by Gasteiger charge is -2.41. The molecule has 94 valence electrons. The number of halogens is 1. The van der Waals surface area contributed by atoms with Crippen molar-refractivity contribution in [3.05, 3.63) is 0 Å². The molecule has 1 heterocycles. The smallest absolute Gasteiger partial charge is 0.410 e. The van der Waals surface area contributed by atoms with Crippen molar-refractivity contribution in [1.82, 2.24) is 4.90 Å². The fraction of sp³-hybridized carbons (Fsp3) is 0.917. The molecular weight excluding hydrogens is 317 g/mol. The highest BCUT2D eigenvalue weighted by Gasteiger charge is 2.35. The van der Waals surface area contributed by atoms with Crippen LogP contribution in [0.3, 0.4) is 0 Å². The SMILES string of the molecule is C[C@@H]1CC(I)C[C@H](C)N1C(=O)OC(C)(C)C. The zero-order valence-electron chi connectivity index (χ0n) is 10.8. The Balaban J connectivity index is 2.67. The monoisotopic (exact) mass is 339 g/mol. The van der Waals surface area contributed by atoms with E-state index in [0.717, 1.165) is 12.8 Å². The molecule has 0 aliphatic carbocycles. The summed E-state index contributed by atoms with van der Waals surface area (Å²) in [5, 5.41) is 0. The van der Waals surface area contributed by atoms with Crippen molar-refractivity contribution < 1.29 is 9.53 Å². The number of carbonyl (C=O) groups is 1. The lowest BCUT2D eigenvalue weighted by molar-refractivity contribution is 0.00121. The Bertz CT molecular complexity index is 250. The lowest BCUT2D eigenvalue weighted by atomic mass is 9.98. The summed E-state index contributed by atoms with van der Waals surface area (Å²) in [7, 11) is 0. The molecule has 1 aliphatic rings. The van der Waals surface area contributed by atoms with E-state index in [-0.39, 0.29) is 18.2 Å². The second kappa shape index (κ2) is 5.10. The lowest BCUT2D eigenvalue weighted by Crippen LogP contribution is -2.51. The molecule has 1 aliphatic heterocycles. The van der Waals surface area contributed by atoms with Gasteiger partial charge in [-0.1, -0.05) is 22.6 Å². The van der Waals surface area contributed by atoms with Crippen LogP contribution in [-0.2, 0) is 4.74 Å². The predicted octanol–water partition coefficient (Wildman–Crippen LogP) is 3.60. The van der Waals surface area contributed by atoms with Crippen LogP contribution in [-0.4, -0.2) is 32.6 Å². The van der Waals surface area contributed by atoms with Gasteiger partial charge >= 0.3 is 6.09 Å². The van der Waals surface area contributed by atoms with E-state index >= 15 is 0 Å². The number of piperidine rings is 1. The molecule has 0 aromatic rings. The van der Waals surface area contributed by atoms with Gasteiger partial charge in [-0.25, -0.2) is 4.79 Å². The molecular formula is C12H22INO2. The number of hydrogen-bond donors (Lipinski definition) is 0. The van der Waals surface area contributed by atoms with Gasteiger partial charge in [0, 0.05) is 16.0 Å². The van der Waals surface area contributed by atoms with Crippen LogP contribution in [0.4, 0.5) is 4.79 Å². The van der Waals surface area contributed by atoms with Crippen LogP contribution in [0.25, 0.3) is 0 Å². The average Bonchev–Trinajstić information content (AvgIpc) is 1.96. The molecule has 1 rings (SSSR count). The van der Waals surface area contributed by atoms with Gasteiger partial charge in [0.1, 0.15) is 5.60 Å². The number of alkyl halides is 1. The molecule has 0 aromatic carbocycles. The topological polar surface area (TPSA) is 29.5 Å². The first-order valence-corrected chi connectivity index (χ1v) is 7.10. The minimum atomic E-state index is -0.405. The number of hydrogen-bond acceptors (Lipinski definition) is 2. The molecule has 16 heavy (non-hydrogen) atoms. The second-order valence-corrected chi connectivity index (χ2v) is 7.42. The van der Waals surface area contributed by atoms with E-state index in [1.165, 1.54) is 0 Å². The van der Waals surface area contributed by atoms with Crippen molar-refractivity contribution in [1.29, 1.82) is 0 Å². The molecule has 3 atom stereocenters. The number of rotatable bonds is 0. The van der Waals surface area contributed by atoms with E-state index in [0.29, 0.717) is 3.92 Å². The molecule has 0 N–H and O–H groups in total. The first-order chi connectivity index (χ1) is 7.20. The zero-order valence-corrected chi connectivity index (χ0v) is 12.9. The third-order valence-corrected chi connectivity index (χ3v) is 3.76. The predicted molar refractivity (Wildman–Crippen MR) is 74.0 cm³/mol. The van der Waals surface area contributed by atoms with Crippen LogP contribution in [0.15, 0.2) is 0 Å². The van der Waals surface area contributed by atoms with Crippen LogP contribution in [0.2, 0.25) is 0 Å². The largest absolute Gasteiger partial charge is 0.444 e. The molecule has 0 spiro atoms. The Morgan fingerprint density at radius 1 is 1.25 bits per heavy atom. The van der Waals surface area contributed by atoms with Gasteiger partial charge < -0.3 is 9.64 Å². The number of ether oxygens (including phenoxy) is 1. The maximum Gasteiger partial charge on any atom is 0.410 e. The zero-order chi connectivity index (χ0) is 12.5. The Labute approximate surface area is 112 Å². The number of amides is 1. The minimum absolute atomic E-state index is 0.171. The second-order valence-electron chi connectivity index (χ2n) is 5.65. The van der Waals surface area contributed by atoms with Gasteiger partial charge in [-0.3, -0.25) is 0 Å². The Morgan fingerprint density at radius 3 is 2.06 bits per heavy atom. The van der Waals surface area contributed by atoms with Crippen molar-refractivity contribution in [2.45, 2.75) is 69.1 Å². The van der Waals surface area contributed by atoms with Gasteiger partial charge in [-0.2, -0.15) is 0 Å². The summed E-state index contributed by atoms with van der Waals surface area (Å²) < 4.78 is 6.11. The molecule has 0 aromatic heterocycles. The molecule has 0 bridgehead atoms. The molecule has 0 radical (unpaired) electrons. The molecule has 1 saturated heterocycles. The van der Waals surface area contributed by atoms with Crippen LogP contribution >= 0.6 is 22.6 Å². The Morgan fingerprint density at radius 2 is 1.69 bits per heavy atom. The quantitative estimate of drug-likeness (QED) is 0.499. The highest BCUT2D eigenvalue weighted by atomic mass is 127. The third kappa shape index (κ3) is 3.79. The molecule has 4 heteroatoms. The van der Waals surface area contributed by atoms with Gasteiger partial charge in [0.2, 0.25) is 0 Å². The number of carbonyl (C=O) groups excluding carboxylic acids is 1. The minimum Gasteiger partial charge on any atom is -0.444 e. The molecule has 1 amide bonds. The Hall–Kier alpha value is 0. The fourth-order valence-electron chi connectivity index (χ4n) is 2.17. The summed E-state index contributed by atoms with van der Waals surface area (Å²) in [4.78, 5) is 13.9. The summed E-state index contributed by atoms with van der Waals surface area (Å²) >= 11 is 2.47. The molecule has 1 fully saturated rings. The highest BCUT2D eigenvalue weighted by Crippen LogP contribution is 2.29. The van der Waals surface area contributed by atoms with Gasteiger partial charge in [-0.05, 0) is 47.5 Å². The summed E-state index contributed by atoms with van der Waals surface area (Å²) in [6.07, 6.45) is 1.95. The third-order valence-electron chi connectivity index (χ3n) is 2.75. The maximum atomic E-state index is 12.0. The first kappa shape index (κ1) is 14.1. The fourth-order valence-corrected chi connectivity index (χ4v) is 3.64. The molecule has 1 unspecified atom stereocenters. The highest BCUT2D eigenvalue weighted by molar-refractivity contribution is 14.1. The first-order valence-electron chi connectivity index (χ1n) is 5.86. The maximum absolute atomic E-state index is 12.0. The number of likely N-dealkylation sites (tertiary alicyclic amines) is 1. The van der Waals surface area contributed by atoms with Crippen molar-refractivity contribution in [3.8, 4) is 0 Å². The van der Waals surface area contributed by atoms with E-state index in [1.54, 1.807) is 0 Å². The van der Waals surface area contributed by atoms with Crippen molar-refractivity contribution in [2.75, 3.05) is 0 Å². The van der Waals surface area contributed by atoms with Crippen LogP contribution in [0.1, 0.15) is 47.5 Å². The van der Waals surface area contributed by atoms with Crippen molar-refractivity contribution in [3.63, 3.8) is 0 Å². The van der Waals surface area contributed by atoms with Gasteiger partial charge in [-0.15, -0.1) is 0 Å². The van der Waals surface area contributed by atoms with Crippen LogP contribution in [0.5, 0.6) is 0 Å². The van der Waals surface area contributed by atoms with Crippen molar-refractivity contribution in [2.24, 2.45) is 0 Å². The van der Waals surface area contributed by atoms with E-state index in [9.17, 15) is 4.79 Å². The van der Waals surface area contributed by atoms with Crippen LogP contribution in [0, 0.1) is 0 Å².